The average Bonchev–Trinajstić information content (AvgIpc) is 3.15. The van der Waals surface area contributed by atoms with Gasteiger partial charge >= 0.3 is 0 Å². The van der Waals surface area contributed by atoms with Gasteiger partial charge in [-0.1, -0.05) is 48.5 Å². The second-order valence-corrected chi connectivity index (χ2v) is 7.82. The topological polar surface area (TPSA) is 33.5 Å². The SMILES string of the molecule is C[C@@H]1c2ccsc2CC[NH+]1CC(=O)Nc1ccccc1-c1ccccc1. The van der Waals surface area contributed by atoms with Gasteiger partial charge < -0.3 is 10.2 Å². The van der Waals surface area contributed by atoms with Gasteiger partial charge in [-0.05, 0) is 30.0 Å². The number of thiophene rings is 1. The van der Waals surface area contributed by atoms with Gasteiger partial charge in [-0.15, -0.1) is 11.3 Å². The van der Waals surface area contributed by atoms with E-state index >= 15 is 0 Å². The Morgan fingerprint density at radius 3 is 2.73 bits per heavy atom. The first-order valence-electron chi connectivity index (χ1n) is 9.07. The first-order chi connectivity index (χ1) is 12.7. The highest BCUT2D eigenvalue weighted by molar-refractivity contribution is 7.10. The maximum Gasteiger partial charge on any atom is 0.279 e. The quantitative estimate of drug-likeness (QED) is 0.730. The van der Waals surface area contributed by atoms with Crippen molar-refractivity contribution in [1.82, 2.24) is 0 Å². The van der Waals surface area contributed by atoms with Crippen LogP contribution in [0, 0.1) is 0 Å². The van der Waals surface area contributed by atoms with Crippen LogP contribution < -0.4 is 10.2 Å². The summed E-state index contributed by atoms with van der Waals surface area (Å²) in [6, 6.07) is 20.8. The summed E-state index contributed by atoms with van der Waals surface area (Å²) in [5.74, 6) is 0.0777. The van der Waals surface area contributed by atoms with Gasteiger partial charge in [0.05, 0.1) is 6.54 Å². The molecule has 0 saturated carbocycles. The third kappa shape index (κ3) is 3.43. The van der Waals surface area contributed by atoms with Crippen molar-refractivity contribution in [3.8, 4) is 11.1 Å². The number of hydrogen-bond donors (Lipinski definition) is 2. The molecule has 0 radical (unpaired) electrons. The second-order valence-electron chi connectivity index (χ2n) is 6.82. The van der Waals surface area contributed by atoms with Crippen molar-refractivity contribution >= 4 is 22.9 Å². The molecule has 1 aliphatic rings. The fraction of sp³-hybridized carbons (Fsp3) is 0.227. The molecule has 132 valence electrons. The van der Waals surface area contributed by atoms with Crippen molar-refractivity contribution in [2.24, 2.45) is 0 Å². The second kappa shape index (κ2) is 7.44. The number of para-hydroxylation sites is 1. The molecule has 1 amide bonds. The van der Waals surface area contributed by atoms with E-state index < -0.39 is 0 Å². The number of benzene rings is 2. The van der Waals surface area contributed by atoms with Crippen LogP contribution in [0.15, 0.2) is 66.0 Å². The van der Waals surface area contributed by atoms with Gasteiger partial charge in [-0.25, -0.2) is 0 Å². The summed E-state index contributed by atoms with van der Waals surface area (Å²) < 4.78 is 0. The molecular weight excluding hydrogens is 340 g/mol. The summed E-state index contributed by atoms with van der Waals surface area (Å²) >= 11 is 1.84. The molecule has 4 heteroatoms. The Labute approximate surface area is 158 Å². The summed E-state index contributed by atoms with van der Waals surface area (Å²) in [7, 11) is 0. The molecule has 2 N–H and O–H groups in total. The molecule has 0 bridgehead atoms. The van der Waals surface area contributed by atoms with Gasteiger partial charge in [0.15, 0.2) is 6.54 Å². The van der Waals surface area contributed by atoms with E-state index in [1.54, 1.807) is 0 Å². The largest absolute Gasteiger partial charge is 0.321 e. The lowest BCUT2D eigenvalue weighted by molar-refractivity contribution is -0.923. The van der Waals surface area contributed by atoms with Gasteiger partial charge in [0.25, 0.3) is 5.91 Å². The van der Waals surface area contributed by atoms with E-state index in [9.17, 15) is 4.79 Å². The van der Waals surface area contributed by atoms with Crippen LogP contribution in [-0.2, 0) is 11.2 Å². The lowest BCUT2D eigenvalue weighted by atomic mass is 10.0. The standard InChI is InChI=1S/C22H22N2OS/c1-16-18-12-14-26-21(18)11-13-24(16)15-22(25)23-20-10-6-5-9-19(20)17-7-3-2-4-8-17/h2-10,12,14,16H,11,13,15H2,1H3,(H,23,25)/p+1/t16-/m1/s1. The van der Waals surface area contributed by atoms with Crippen molar-refractivity contribution in [2.45, 2.75) is 19.4 Å². The molecule has 4 rings (SSSR count). The van der Waals surface area contributed by atoms with Gasteiger partial charge in [0, 0.05) is 28.1 Å². The van der Waals surface area contributed by atoms with E-state index in [2.05, 4.69) is 41.9 Å². The smallest absolute Gasteiger partial charge is 0.279 e. The molecule has 1 aromatic heterocycles. The van der Waals surface area contributed by atoms with Crippen LogP contribution in [0.25, 0.3) is 11.1 Å². The van der Waals surface area contributed by atoms with Crippen LogP contribution in [0.3, 0.4) is 0 Å². The number of quaternary nitrogens is 1. The van der Waals surface area contributed by atoms with Crippen molar-refractivity contribution in [1.29, 1.82) is 0 Å². The van der Waals surface area contributed by atoms with Crippen molar-refractivity contribution in [2.75, 3.05) is 18.4 Å². The summed E-state index contributed by atoms with van der Waals surface area (Å²) in [6.45, 7) is 3.74. The average molecular weight is 364 g/mol. The van der Waals surface area contributed by atoms with E-state index in [-0.39, 0.29) is 5.91 Å². The Morgan fingerprint density at radius 2 is 1.88 bits per heavy atom. The predicted molar refractivity (Wildman–Crippen MR) is 108 cm³/mol. The van der Waals surface area contributed by atoms with Crippen LogP contribution in [0.1, 0.15) is 23.4 Å². The zero-order valence-electron chi connectivity index (χ0n) is 14.9. The molecule has 3 aromatic rings. The maximum absolute atomic E-state index is 12.7. The molecule has 0 aliphatic carbocycles. The number of nitrogens with one attached hydrogen (secondary N) is 2. The van der Waals surface area contributed by atoms with Crippen molar-refractivity contribution in [3.05, 3.63) is 76.5 Å². The Morgan fingerprint density at radius 1 is 1.12 bits per heavy atom. The minimum Gasteiger partial charge on any atom is -0.321 e. The number of rotatable bonds is 4. The minimum atomic E-state index is 0.0777. The maximum atomic E-state index is 12.7. The normalized spacial score (nSPS) is 19.0. The van der Waals surface area contributed by atoms with E-state index in [1.165, 1.54) is 15.3 Å². The Balaban J connectivity index is 1.48. The molecule has 0 spiro atoms. The number of fused-ring (bicyclic) bond motifs is 1. The number of carbonyl (C=O) groups excluding carboxylic acids is 1. The Hall–Kier alpha value is -2.43. The number of carbonyl (C=O) groups is 1. The van der Waals surface area contributed by atoms with Gasteiger partial charge in [-0.3, -0.25) is 4.79 Å². The van der Waals surface area contributed by atoms with Crippen molar-refractivity contribution < 1.29 is 9.69 Å². The highest BCUT2D eigenvalue weighted by Crippen LogP contribution is 2.27. The van der Waals surface area contributed by atoms with E-state index in [4.69, 9.17) is 0 Å². The summed E-state index contributed by atoms with van der Waals surface area (Å²) in [4.78, 5) is 15.6. The van der Waals surface area contributed by atoms with Crippen molar-refractivity contribution in [3.63, 3.8) is 0 Å². The summed E-state index contributed by atoms with van der Waals surface area (Å²) in [6.07, 6.45) is 1.07. The van der Waals surface area contributed by atoms with E-state index in [0.29, 0.717) is 12.6 Å². The van der Waals surface area contributed by atoms with Crippen LogP contribution >= 0.6 is 11.3 Å². The number of anilines is 1. The number of amides is 1. The van der Waals surface area contributed by atoms with E-state index in [1.807, 2.05) is 47.7 Å². The first-order valence-corrected chi connectivity index (χ1v) is 9.95. The zero-order chi connectivity index (χ0) is 17.9. The molecule has 2 aromatic carbocycles. The molecule has 2 heterocycles. The molecule has 1 aliphatic heterocycles. The molecule has 2 atom stereocenters. The fourth-order valence-corrected chi connectivity index (χ4v) is 4.73. The third-order valence-electron chi connectivity index (χ3n) is 5.21. The van der Waals surface area contributed by atoms with Gasteiger partial charge in [-0.2, -0.15) is 0 Å². The van der Waals surface area contributed by atoms with Crippen LogP contribution in [0.4, 0.5) is 5.69 Å². The number of hydrogen-bond acceptors (Lipinski definition) is 2. The molecule has 0 saturated heterocycles. The minimum absolute atomic E-state index is 0.0777. The van der Waals surface area contributed by atoms with Crippen LogP contribution in [0.2, 0.25) is 0 Å². The van der Waals surface area contributed by atoms with Gasteiger partial charge in [0.2, 0.25) is 0 Å². The lowest BCUT2D eigenvalue weighted by Gasteiger charge is -2.30. The monoisotopic (exact) mass is 363 g/mol. The van der Waals surface area contributed by atoms with Gasteiger partial charge in [0.1, 0.15) is 6.04 Å². The van der Waals surface area contributed by atoms with Crippen LogP contribution in [0.5, 0.6) is 0 Å². The molecule has 3 nitrogen and oxygen atoms in total. The molecule has 26 heavy (non-hydrogen) atoms. The third-order valence-corrected chi connectivity index (χ3v) is 6.20. The Kier molecular flexibility index (Phi) is 4.87. The molecular formula is C22H23N2OS+. The molecule has 0 fully saturated rings. The Bertz CT molecular complexity index is 903. The van der Waals surface area contributed by atoms with E-state index in [0.717, 1.165) is 29.8 Å². The first kappa shape index (κ1) is 17.0. The predicted octanol–water partition coefficient (Wildman–Crippen LogP) is 3.56. The zero-order valence-corrected chi connectivity index (χ0v) is 15.7. The fourth-order valence-electron chi connectivity index (χ4n) is 3.75. The lowest BCUT2D eigenvalue weighted by Crippen LogP contribution is -3.14. The summed E-state index contributed by atoms with van der Waals surface area (Å²) in [5.41, 5.74) is 4.46. The highest BCUT2D eigenvalue weighted by Gasteiger charge is 2.29. The highest BCUT2D eigenvalue weighted by atomic mass is 32.1. The summed E-state index contributed by atoms with van der Waals surface area (Å²) in [5, 5.41) is 5.30. The molecule has 1 unspecified atom stereocenters. The van der Waals surface area contributed by atoms with Crippen LogP contribution in [-0.4, -0.2) is 19.0 Å².